The minimum atomic E-state index is -0.778. The molecule has 0 fully saturated rings. The van der Waals surface area contributed by atoms with Gasteiger partial charge in [0.15, 0.2) is 0 Å². The van der Waals surface area contributed by atoms with Crippen molar-refractivity contribution >= 4 is 32.4 Å². The summed E-state index contributed by atoms with van der Waals surface area (Å²) in [7, 11) is 0. The van der Waals surface area contributed by atoms with Crippen molar-refractivity contribution in [1.29, 1.82) is 0 Å². The fourth-order valence-corrected chi connectivity index (χ4v) is 4.37. The summed E-state index contributed by atoms with van der Waals surface area (Å²) in [6.45, 7) is 0. The lowest BCUT2D eigenvalue weighted by molar-refractivity contribution is 0.303. The number of aryl methyl sites for hydroxylation is 1. The molecule has 1 nitrogen and oxygen atoms in total. The van der Waals surface area contributed by atoms with Crippen molar-refractivity contribution < 1.29 is 4.39 Å². The molecule has 29 heavy (non-hydrogen) atoms. The number of hydrogen-bond donors (Lipinski definition) is 0. The second-order valence-corrected chi connectivity index (χ2v) is 7.57. The lowest BCUT2D eigenvalue weighted by Crippen LogP contribution is -2.06. The van der Waals surface area contributed by atoms with Crippen molar-refractivity contribution in [2.24, 2.45) is 0 Å². The summed E-state index contributed by atoms with van der Waals surface area (Å²) < 4.78 is 14.0. The summed E-state index contributed by atoms with van der Waals surface area (Å²) in [5.74, 6) is 0. The van der Waals surface area contributed by atoms with Gasteiger partial charge in [0.1, 0.15) is 6.17 Å². The molecule has 1 aliphatic carbocycles. The predicted octanol–water partition coefficient (Wildman–Crippen LogP) is 7.57. The van der Waals surface area contributed by atoms with Crippen molar-refractivity contribution in [3.63, 3.8) is 0 Å². The Morgan fingerprint density at radius 3 is 2.34 bits per heavy atom. The van der Waals surface area contributed by atoms with E-state index in [1.807, 2.05) is 36.5 Å². The smallest absolute Gasteiger partial charge is 0.125 e. The van der Waals surface area contributed by atoms with Crippen LogP contribution in [0, 0.1) is 0 Å². The Morgan fingerprint density at radius 2 is 1.45 bits per heavy atom. The minimum absolute atomic E-state index is 0.673. The Kier molecular flexibility index (Phi) is 4.69. The maximum absolute atomic E-state index is 14.0. The molecule has 5 aromatic rings. The summed E-state index contributed by atoms with van der Waals surface area (Å²) in [5, 5.41) is 6.21. The first-order valence-corrected chi connectivity index (χ1v) is 10.2. The van der Waals surface area contributed by atoms with Gasteiger partial charge in [-0.05, 0) is 64.1 Å². The third kappa shape index (κ3) is 3.36. The van der Waals surface area contributed by atoms with E-state index in [4.69, 9.17) is 0 Å². The average Bonchev–Trinajstić information content (AvgIpc) is 2.79. The van der Waals surface area contributed by atoms with Crippen molar-refractivity contribution in [1.82, 2.24) is 4.98 Å². The van der Waals surface area contributed by atoms with Gasteiger partial charge in [-0.2, -0.15) is 0 Å². The Balaban J connectivity index is 0.000000153. The maximum Gasteiger partial charge on any atom is 0.125 e. The number of fused-ring (bicyclic) bond motifs is 6. The lowest BCUT2D eigenvalue weighted by atomic mass is 9.85. The number of aromatic nitrogens is 1. The second-order valence-electron chi connectivity index (χ2n) is 7.57. The van der Waals surface area contributed by atoms with Gasteiger partial charge in [-0.1, -0.05) is 72.8 Å². The first-order valence-electron chi connectivity index (χ1n) is 10.2. The van der Waals surface area contributed by atoms with Crippen molar-refractivity contribution in [3.05, 3.63) is 102 Å². The van der Waals surface area contributed by atoms with Crippen LogP contribution >= 0.6 is 0 Å². The first kappa shape index (κ1) is 17.8. The number of hydrogen-bond acceptors (Lipinski definition) is 1. The van der Waals surface area contributed by atoms with Crippen LogP contribution in [0.5, 0.6) is 0 Å². The van der Waals surface area contributed by atoms with Crippen LogP contribution in [0.2, 0.25) is 0 Å². The molecule has 0 spiro atoms. The minimum Gasteiger partial charge on any atom is -0.256 e. The normalized spacial score (nSPS) is 15.7. The van der Waals surface area contributed by atoms with Crippen LogP contribution in [-0.4, -0.2) is 4.98 Å². The van der Waals surface area contributed by atoms with Crippen LogP contribution in [0.25, 0.3) is 32.4 Å². The number of alkyl halides is 1. The molecule has 1 aliphatic rings. The first-order chi connectivity index (χ1) is 14.3. The highest BCUT2D eigenvalue weighted by atomic mass is 19.1. The molecule has 1 aromatic heterocycles. The molecule has 0 radical (unpaired) electrons. The predicted molar refractivity (Wildman–Crippen MR) is 120 cm³/mol. The Hall–Kier alpha value is -3.26. The van der Waals surface area contributed by atoms with E-state index in [0.717, 1.165) is 23.9 Å². The van der Waals surface area contributed by atoms with Gasteiger partial charge in [0.05, 0.1) is 5.52 Å². The molecular formula is C27H22FN. The van der Waals surface area contributed by atoms with E-state index in [0.29, 0.717) is 6.42 Å². The molecule has 0 aliphatic heterocycles. The van der Waals surface area contributed by atoms with Crippen molar-refractivity contribution in [2.45, 2.75) is 25.4 Å². The van der Waals surface area contributed by atoms with E-state index in [1.165, 1.54) is 32.5 Å². The number of benzene rings is 4. The molecule has 6 rings (SSSR count). The standard InChI is InChI=1S/C18H15F.C9H7N/c19-18-7-3-6-14-16-9-8-12-4-1-2-5-13(12)15(16)10-11-17(14)18;1-2-6-9-8(4-1)5-3-7-10-9/h1-2,4-5,8-11,18H,3,6-7H2;1-7H. The van der Waals surface area contributed by atoms with Crippen molar-refractivity contribution in [3.8, 4) is 0 Å². The highest BCUT2D eigenvalue weighted by Crippen LogP contribution is 2.38. The lowest BCUT2D eigenvalue weighted by Gasteiger charge is -2.21. The summed E-state index contributed by atoms with van der Waals surface area (Å²) in [4.78, 5) is 4.18. The largest absolute Gasteiger partial charge is 0.256 e. The molecule has 142 valence electrons. The van der Waals surface area contributed by atoms with E-state index in [1.54, 1.807) is 0 Å². The number of halogens is 1. The van der Waals surface area contributed by atoms with E-state index in [-0.39, 0.29) is 0 Å². The Labute approximate surface area is 169 Å². The number of rotatable bonds is 0. The zero-order valence-electron chi connectivity index (χ0n) is 16.2. The highest BCUT2D eigenvalue weighted by Gasteiger charge is 2.21. The zero-order chi connectivity index (χ0) is 19.6. The number of para-hydroxylation sites is 1. The Morgan fingerprint density at radius 1 is 0.690 bits per heavy atom. The average molecular weight is 379 g/mol. The molecule has 4 aromatic carbocycles. The number of pyridine rings is 1. The fourth-order valence-electron chi connectivity index (χ4n) is 4.37. The van der Waals surface area contributed by atoms with Gasteiger partial charge in [-0.15, -0.1) is 0 Å². The van der Waals surface area contributed by atoms with Gasteiger partial charge < -0.3 is 0 Å². The SMILES string of the molecule is FC1CCCc2c1ccc1c2ccc2ccccc21.c1ccc2ncccc2c1. The summed E-state index contributed by atoms with van der Waals surface area (Å²) in [5.41, 5.74) is 3.20. The number of nitrogens with zero attached hydrogens (tertiary/aromatic N) is 1. The van der Waals surface area contributed by atoms with Crippen LogP contribution in [-0.2, 0) is 6.42 Å². The van der Waals surface area contributed by atoms with Crippen molar-refractivity contribution in [2.75, 3.05) is 0 Å². The summed E-state index contributed by atoms with van der Waals surface area (Å²) in [6, 6.07) is 28.9. The van der Waals surface area contributed by atoms with Gasteiger partial charge in [-0.25, -0.2) is 4.39 Å². The second kappa shape index (κ2) is 7.63. The highest BCUT2D eigenvalue weighted by molar-refractivity contribution is 6.08. The molecule has 0 saturated heterocycles. The molecule has 2 heteroatoms. The molecule has 0 bridgehead atoms. The van der Waals surface area contributed by atoms with E-state index in [9.17, 15) is 4.39 Å². The summed E-state index contributed by atoms with van der Waals surface area (Å²) in [6.07, 6.45) is 3.67. The molecule has 0 saturated carbocycles. The molecular weight excluding hydrogens is 357 g/mol. The third-order valence-electron chi connectivity index (χ3n) is 5.81. The maximum atomic E-state index is 14.0. The topological polar surface area (TPSA) is 12.9 Å². The third-order valence-corrected chi connectivity index (χ3v) is 5.81. The van der Waals surface area contributed by atoms with Crippen LogP contribution in [0.4, 0.5) is 4.39 Å². The molecule has 0 N–H and O–H groups in total. The van der Waals surface area contributed by atoms with Gasteiger partial charge in [0.2, 0.25) is 0 Å². The monoisotopic (exact) mass is 379 g/mol. The van der Waals surface area contributed by atoms with Crippen LogP contribution < -0.4 is 0 Å². The van der Waals surface area contributed by atoms with Gasteiger partial charge in [-0.3, -0.25) is 4.98 Å². The van der Waals surface area contributed by atoms with Gasteiger partial charge in [0, 0.05) is 11.6 Å². The van der Waals surface area contributed by atoms with Crippen LogP contribution in [0.15, 0.2) is 91.1 Å². The van der Waals surface area contributed by atoms with Crippen LogP contribution in [0.3, 0.4) is 0 Å². The molecule has 1 atom stereocenters. The van der Waals surface area contributed by atoms with Crippen LogP contribution in [0.1, 0.15) is 30.1 Å². The quantitative estimate of drug-likeness (QED) is 0.253. The van der Waals surface area contributed by atoms with Gasteiger partial charge >= 0.3 is 0 Å². The zero-order valence-corrected chi connectivity index (χ0v) is 16.2. The van der Waals surface area contributed by atoms with E-state index < -0.39 is 6.17 Å². The van der Waals surface area contributed by atoms with E-state index in [2.05, 4.69) is 59.6 Å². The fraction of sp³-hybridized carbons (Fsp3) is 0.148. The van der Waals surface area contributed by atoms with Gasteiger partial charge in [0.25, 0.3) is 0 Å². The molecule has 1 heterocycles. The summed E-state index contributed by atoms with van der Waals surface area (Å²) >= 11 is 0. The molecule has 0 amide bonds. The van der Waals surface area contributed by atoms with E-state index >= 15 is 0 Å². The Bertz CT molecular complexity index is 1240. The molecule has 1 unspecified atom stereocenters.